The molecular weight excluding hydrogens is 355 g/mol. The van der Waals surface area contributed by atoms with Crippen molar-refractivity contribution >= 4 is 17.5 Å². The molecule has 3 rings (SSSR count). The first-order valence-electron chi connectivity index (χ1n) is 8.23. The number of rotatable bonds is 8. The summed E-state index contributed by atoms with van der Waals surface area (Å²) < 4.78 is 23.4. The Bertz CT molecular complexity index is 906. The van der Waals surface area contributed by atoms with E-state index in [1.165, 1.54) is 35.4 Å². The van der Waals surface area contributed by atoms with Gasteiger partial charge in [0.15, 0.2) is 5.76 Å². The van der Waals surface area contributed by atoms with Gasteiger partial charge in [0.05, 0.1) is 6.26 Å². The molecule has 0 radical (unpaired) electrons. The van der Waals surface area contributed by atoms with Crippen molar-refractivity contribution in [2.75, 3.05) is 11.4 Å². The summed E-state index contributed by atoms with van der Waals surface area (Å²) in [4.78, 5) is 29.3. The fourth-order valence-electron chi connectivity index (χ4n) is 2.45. The number of furan rings is 1. The standard InChI is InChI=1S/C18H17FN4O4/c19-12-3-5-13(6-4-12)23(10-9-15(20)24)17(25)8-7-16-21-18(22-27-16)14-2-1-11-26-14/h1-6,11H,7-10H2,(H2,20,24). The number of nitrogens with zero attached hydrogens (tertiary/aromatic N) is 3. The molecule has 0 aliphatic carbocycles. The van der Waals surface area contributed by atoms with Crippen LogP contribution >= 0.6 is 0 Å². The second kappa shape index (κ2) is 8.26. The highest BCUT2D eigenvalue weighted by Gasteiger charge is 2.19. The zero-order valence-electron chi connectivity index (χ0n) is 14.3. The highest BCUT2D eigenvalue weighted by Crippen LogP contribution is 2.19. The lowest BCUT2D eigenvalue weighted by molar-refractivity contribution is -0.119. The van der Waals surface area contributed by atoms with Gasteiger partial charge in [0, 0.05) is 31.5 Å². The molecule has 0 saturated carbocycles. The third-order valence-corrected chi connectivity index (χ3v) is 3.78. The van der Waals surface area contributed by atoms with Crippen molar-refractivity contribution in [3.63, 3.8) is 0 Å². The molecule has 0 bridgehead atoms. The summed E-state index contributed by atoms with van der Waals surface area (Å²) in [5, 5.41) is 3.80. The minimum atomic E-state index is -0.532. The van der Waals surface area contributed by atoms with Crippen molar-refractivity contribution in [3.8, 4) is 11.6 Å². The van der Waals surface area contributed by atoms with E-state index in [4.69, 9.17) is 14.7 Å². The summed E-state index contributed by atoms with van der Waals surface area (Å²) in [6, 6.07) is 8.82. The normalized spacial score (nSPS) is 10.7. The molecule has 2 amide bonds. The molecule has 2 heterocycles. The number of aryl methyl sites for hydroxylation is 1. The molecule has 0 fully saturated rings. The van der Waals surface area contributed by atoms with Crippen LogP contribution in [0.3, 0.4) is 0 Å². The minimum absolute atomic E-state index is 0.00762. The quantitative estimate of drug-likeness (QED) is 0.649. The molecule has 9 heteroatoms. The van der Waals surface area contributed by atoms with Gasteiger partial charge in [-0.1, -0.05) is 5.16 Å². The van der Waals surface area contributed by atoms with Crippen molar-refractivity contribution in [1.29, 1.82) is 0 Å². The smallest absolute Gasteiger partial charge is 0.238 e. The Morgan fingerprint density at radius 3 is 2.59 bits per heavy atom. The van der Waals surface area contributed by atoms with Crippen LogP contribution in [0.4, 0.5) is 10.1 Å². The van der Waals surface area contributed by atoms with Crippen LogP contribution in [0.2, 0.25) is 0 Å². The number of halogens is 1. The van der Waals surface area contributed by atoms with Crippen LogP contribution in [-0.2, 0) is 16.0 Å². The molecule has 3 aromatic rings. The maximum Gasteiger partial charge on any atom is 0.238 e. The van der Waals surface area contributed by atoms with E-state index in [0.717, 1.165) is 0 Å². The molecule has 0 spiro atoms. The lowest BCUT2D eigenvalue weighted by Gasteiger charge is -2.22. The number of hydrogen-bond donors (Lipinski definition) is 1. The van der Waals surface area contributed by atoms with Crippen molar-refractivity contribution in [2.24, 2.45) is 5.73 Å². The van der Waals surface area contributed by atoms with Crippen LogP contribution in [0.15, 0.2) is 51.6 Å². The molecular formula is C18H17FN4O4. The predicted molar refractivity (Wildman–Crippen MR) is 92.9 cm³/mol. The number of amides is 2. The van der Waals surface area contributed by atoms with E-state index in [2.05, 4.69) is 10.1 Å². The lowest BCUT2D eigenvalue weighted by Crippen LogP contribution is -2.34. The summed E-state index contributed by atoms with van der Waals surface area (Å²) >= 11 is 0. The minimum Gasteiger partial charge on any atom is -0.461 e. The van der Waals surface area contributed by atoms with E-state index < -0.39 is 11.7 Å². The second-order valence-corrected chi connectivity index (χ2v) is 5.73. The Balaban J connectivity index is 1.66. The predicted octanol–water partition coefficient (Wildman–Crippen LogP) is 2.31. The Kier molecular flexibility index (Phi) is 5.60. The van der Waals surface area contributed by atoms with Gasteiger partial charge in [-0.15, -0.1) is 0 Å². The van der Waals surface area contributed by atoms with Gasteiger partial charge < -0.3 is 19.6 Å². The third kappa shape index (κ3) is 4.78. The lowest BCUT2D eigenvalue weighted by atomic mass is 10.2. The monoisotopic (exact) mass is 372 g/mol. The van der Waals surface area contributed by atoms with Crippen molar-refractivity contribution in [3.05, 3.63) is 54.4 Å². The Hall–Kier alpha value is -3.49. The SMILES string of the molecule is NC(=O)CCN(C(=O)CCc1nc(-c2ccco2)no1)c1ccc(F)cc1. The molecule has 2 N–H and O–H groups in total. The van der Waals surface area contributed by atoms with Gasteiger partial charge in [0.1, 0.15) is 5.82 Å². The van der Waals surface area contributed by atoms with E-state index in [-0.39, 0.29) is 37.6 Å². The van der Waals surface area contributed by atoms with Crippen LogP contribution in [-0.4, -0.2) is 28.5 Å². The second-order valence-electron chi connectivity index (χ2n) is 5.73. The zero-order chi connectivity index (χ0) is 19.2. The summed E-state index contributed by atoms with van der Waals surface area (Å²) in [6.45, 7) is 0.0985. The van der Waals surface area contributed by atoms with E-state index >= 15 is 0 Å². The fraction of sp³-hybridized carbons (Fsp3) is 0.222. The van der Waals surface area contributed by atoms with Gasteiger partial charge >= 0.3 is 0 Å². The number of carbonyl (C=O) groups excluding carboxylic acids is 2. The first kappa shape index (κ1) is 18.3. The third-order valence-electron chi connectivity index (χ3n) is 3.78. The summed E-state index contributed by atoms with van der Waals surface area (Å²) in [6.07, 6.45) is 1.76. The first-order chi connectivity index (χ1) is 13.0. The average Bonchev–Trinajstić information content (AvgIpc) is 3.33. The number of carbonyl (C=O) groups is 2. The molecule has 0 aliphatic heterocycles. The molecule has 0 unspecified atom stereocenters. The van der Waals surface area contributed by atoms with Crippen LogP contribution in [0.1, 0.15) is 18.7 Å². The summed E-state index contributed by atoms with van der Waals surface area (Å²) in [5.41, 5.74) is 5.65. The summed E-state index contributed by atoms with van der Waals surface area (Å²) in [7, 11) is 0. The molecule has 1 aromatic carbocycles. The Morgan fingerprint density at radius 1 is 1.15 bits per heavy atom. The summed E-state index contributed by atoms with van der Waals surface area (Å²) in [5.74, 6) is -0.186. The molecule has 0 atom stereocenters. The van der Waals surface area contributed by atoms with E-state index in [0.29, 0.717) is 17.3 Å². The van der Waals surface area contributed by atoms with Crippen molar-refractivity contribution < 1.29 is 22.9 Å². The molecule has 0 saturated heterocycles. The highest BCUT2D eigenvalue weighted by molar-refractivity contribution is 5.94. The first-order valence-corrected chi connectivity index (χ1v) is 8.23. The molecule has 8 nitrogen and oxygen atoms in total. The van der Waals surface area contributed by atoms with Crippen molar-refractivity contribution in [1.82, 2.24) is 10.1 Å². The molecule has 27 heavy (non-hydrogen) atoms. The van der Waals surface area contributed by atoms with Gasteiger partial charge in [0.25, 0.3) is 0 Å². The Morgan fingerprint density at radius 2 is 1.93 bits per heavy atom. The topological polar surface area (TPSA) is 115 Å². The van der Waals surface area contributed by atoms with Gasteiger partial charge in [0.2, 0.25) is 23.5 Å². The molecule has 2 aromatic heterocycles. The van der Waals surface area contributed by atoms with Crippen LogP contribution in [0.5, 0.6) is 0 Å². The number of anilines is 1. The number of benzene rings is 1. The maximum atomic E-state index is 13.1. The van der Waals surface area contributed by atoms with Crippen LogP contribution in [0, 0.1) is 5.82 Å². The fourth-order valence-corrected chi connectivity index (χ4v) is 2.45. The van der Waals surface area contributed by atoms with Crippen molar-refractivity contribution in [2.45, 2.75) is 19.3 Å². The molecule has 0 aliphatic rings. The largest absolute Gasteiger partial charge is 0.461 e. The number of aromatic nitrogens is 2. The highest BCUT2D eigenvalue weighted by atomic mass is 19.1. The molecule has 140 valence electrons. The zero-order valence-corrected chi connectivity index (χ0v) is 14.3. The van der Waals surface area contributed by atoms with Crippen LogP contribution < -0.4 is 10.6 Å². The van der Waals surface area contributed by atoms with E-state index in [1.807, 2.05) is 0 Å². The van der Waals surface area contributed by atoms with E-state index in [1.54, 1.807) is 12.1 Å². The van der Waals surface area contributed by atoms with Gasteiger partial charge in [-0.2, -0.15) is 4.98 Å². The number of primary amides is 1. The van der Waals surface area contributed by atoms with Crippen LogP contribution in [0.25, 0.3) is 11.6 Å². The van der Waals surface area contributed by atoms with E-state index in [9.17, 15) is 14.0 Å². The van der Waals surface area contributed by atoms with Gasteiger partial charge in [-0.05, 0) is 36.4 Å². The van der Waals surface area contributed by atoms with Gasteiger partial charge in [-0.3, -0.25) is 9.59 Å². The maximum absolute atomic E-state index is 13.1. The average molecular weight is 372 g/mol. The van der Waals surface area contributed by atoms with Gasteiger partial charge in [-0.25, -0.2) is 4.39 Å². The number of nitrogens with two attached hydrogens (primary N) is 1. The Labute approximate surface area is 153 Å². The number of hydrogen-bond acceptors (Lipinski definition) is 6.